The predicted molar refractivity (Wildman–Crippen MR) is 152 cm³/mol. The van der Waals surface area contributed by atoms with Crippen molar-refractivity contribution in [1.29, 1.82) is 0 Å². The van der Waals surface area contributed by atoms with Crippen LogP contribution in [-0.4, -0.2) is 43.2 Å². The lowest BCUT2D eigenvalue weighted by Crippen LogP contribution is -2.31. The molecule has 3 rings (SSSR count). The summed E-state index contributed by atoms with van der Waals surface area (Å²) in [5, 5.41) is 3.65. The third kappa shape index (κ3) is 7.95. The van der Waals surface area contributed by atoms with Gasteiger partial charge in [0.1, 0.15) is 5.75 Å². The number of rotatable bonds is 11. The average molecular weight is 523 g/mol. The number of methoxy groups -OCH3 is 2. The summed E-state index contributed by atoms with van der Waals surface area (Å²) in [6, 6.07) is 11.5. The molecule has 1 N–H and O–H groups in total. The minimum atomic E-state index is -0.469. The minimum absolute atomic E-state index is 0.349. The van der Waals surface area contributed by atoms with Crippen LogP contribution in [0.25, 0.3) is 12.2 Å². The number of hydrogen-bond acceptors (Lipinski definition) is 7. The van der Waals surface area contributed by atoms with E-state index in [1.54, 1.807) is 30.6 Å². The molecule has 0 radical (unpaired) electrons. The highest BCUT2D eigenvalue weighted by Gasteiger charge is 2.14. The monoisotopic (exact) mass is 522 g/mol. The molecule has 0 saturated heterocycles. The van der Waals surface area contributed by atoms with Crippen molar-refractivity contribution in [2.24, 2.45) is 11.8 Å². The Morgan fingerprint density at radius 1 is 1.00 bits per heavy atom. The lowest BCUT2D eigenvalue weighted by Gasteiger charge is -2.28. The van der Waals surface area contributed by atoms with Crippen molar-refractivity contribution in [1.82, 2.24) is 9.97 Å². The second-order valence-corrected chi connectivity index (χ2v) is 9.99. The van der Waals surface area contributed by atoms with E-state index in [2.05, 4.69) is 60.0 Å². The Bertz CT molecular complexity index is 1200. The molecule has 1 heterocycles. The Hall–Kier alpha value is -3.58. The Morgan fingerprint density at radius 3 is 2.16 bits per heavy atom. The number of carbonyl (C=O) groups is 1. The van der Waals surface area contributed by atoms with E-state index in [0.29, 0.717) is 39.7 Å². The first-order valence-electron chi connectivity index (χ1n) is 12.3. The van der Waals surface area contributed by atoms with Gasteiger partial charge in [-0.2, -0.15) is 0 Å². The van der Waals surface area contributed by atoms with Gasteiger partial charge in [0.05, 0.1) is 24.8 Å². The fourth-order valence-corrected chi connectivity index (χ4v) is 4.10. The number of benzene rings is 2. The first-order valence-corrected chi connectivity index (χ1v) is 12.7. The average Bonchev–Trinajstić information content (AvgIpc) is 2.88. The van der Waals surface area contributed by atoms with Gasteiger partial charge in [0.15, 0.2) is 0 Å². The van der Waals surface area contributed by atoms with E-state index >= 15 is 0 Å². The van der Waals surface area contributed by atoms with Gasteiger partial charge < -0.3 is 19.7 Å². The quantitative estimate of drug-likeness (QED) is 0.273. The molecule has 196 valence electrons. The third-order valence-corrected chi connectivity index (χ3v) is 5.90. The number of ether oxygens (including phenoxy) is 2. The molecule has 0 atom stereocenters. The molecule has 0 amide bonds. The molecule has 0 aliphatic rings. The van der Waals surface area contributed by atoms with Crippen LogP contribution in [0.2, 0.25) is 5.02 Å². The maximum Gasteiger partial charge on any atom is 0.338 e. The molecule has 2 aromatic carbocycles. The fourth-order valence-electron chi connectivity index (χ4n) is 3.85. The lowest BCUT2D eigenvalue weighted by molar-refractivity contribution is 0.0600. The topological polar surface area (TPSA) is 76.6 Å². The summed E-state index contributed by atoms with van der Waals surface area (Å²) in [7, 11) is 2.82. The zero-order valence-corrected chi connectivity index (χ0v) is 23.0. The van der Waals surface area contributed by atoms with E-state index in [0.717, 1.165) is 24.3 Å². The Morgan fingerprint density at radius 2 is 1.62 bits per heavy atom. The van der Waals surface area contributed by atoms with Gasteiger partial charge in [-0.25, -0.2) is 14.8 Å². The predicted octanol–water partition coefficient (Wildman–Crippen LogP) is 6.96. The number of anilines is 3. The maximum absolute atomic E-state index is 12.0. The van der Waals surface area contributed by atoms with E-state index in [1.807, 2.05) is 18.2 Å². The number of nitrogens with one attached hydrogen (secondary N) is 1. The molecule has 0 aliphatic carbocycles. The van der Waals surface area contributed by atoms with Crippen molar-refractivity contribution >= 4 is 47.0 Å². The minimum Gasteiger partial charge on any atom is -0.495 e. The SMILES string of the molecule is COC(=O)c1cc(C=Cc2cnc(Nc3ccc(N(CC(C)C)CC(C)C)cc3)nc2)c(Cl)c(OC)c1. The molecule has 37 heavy (non-hydrogen) atoms. The number of esters is 1. The number of halogens is 1. The molecular weight excluding hydrogens is 488 g/mol. The smallest absolute Gasteiger partial charge is 0.338 e. The molecule has 1 aromatic heterocycles. The Balaban J connectivity index is 1.70. The van der Waals surface area contributed by atoms with Crippen molar-refractivity contribution in [2.45, 2.75) is 27.7 Å². The Kier molecular flexibility index (Phi) is 9.92. The van der Waals surface area contributed by atoms with Gasteiger partial charge in [-0.15, -0.1) is 0 Å². The van der Waals surface area contributed by atoms with Crippen LogP contribution in [0.15, 0.2) is 48.8 Å². The van der Waals surface area contributed by atoms with Gasteiger partial charge >= 0.3 is 5.97 Å². The molecule has 0 spiro atoms. The summed E-state index contributed by atoms with van der Waals surface area (Å²) in [4.78, 5) is 23.2. The lowest BCUT2D eigenvalue weighted by atomic mass is 10.1. The summed E-state index contributed by atoms with van der Waals surface area (Å²) in [5.41, 5.74) is 3.87. The summed E-state index contributed by atoms with van der Waals surface area (Å²) in [6.45, 7) is 11.0. The first kappa shape index (κ1) is 28.0. The van der Waals surface area contributed by atoms with Gasteiger partial charge in [0, 0.05) is 42.4 Å². The van der Waals surface area contributed by atoms with Crippen LogP contribution in [0.4, 0.5) is 17.3 Å². The van der Waals surface area contributed by atoms with Gasteiger partial charge in [-0.3, -0.25) is 0 Å². The molecule has 7 nitrogen and oxygen atoms in total. The van der Waals surface area contributed by atoms with Crippen LogP contribution in [0.5, 0.6) is 5.75 Å². The summed E-state index contributed by atoms with van der Waals surface area (Å²) < 4.78 is 10.1. The number of carbonyl (C=O) groups excluding carboxylic acids is 1. The van der Waals surface area contributed by atoms with Gasteiger partial charge in [-0.1, -0.05) is 51.4 Å². The van der Waals surface area contributed by atoms with Gasteiger partial charge in [0.2, 0.25) is 5.95 Å². The molecule has 0 unspecified atom stereocenters. The third-order valence-electron chi connectivity index (χ3n) is 5.50. The van der Waals surface area contributed by atoms with Crippen molar-refractivity contribution in [3.05, 3.63) is 70.5 Å². The second-order valence-electron chi connectivity index (χ2n) is 9.61. The van der Waals surface area contributed by atoms with E-state index < -0.39 is 5.97 Å². The second kappa shape index (κ2) is 13.1. The van der Waals surface area contributed by atoms with Crippen LogP contribution in [-0.2, 0) is 4.74 Å². The van der Waals surface area contributed by atoms with E-state index in [1.165, 1.54) is 19.9 Å². The number of nitrogens with zero attached hydrogens (tertiary/aromatic N) is 3. The highest BCUT2D eigenvalue weighted by molar-refractivity contribution is 6.33. The normalized spacial score (nSPS) is 11.3. The standard InChI is InChI=1S/C29H35ClN4O3/c1-19(2)17-34(18-20(3)4)25-11-9-24(10-12-25)33-29-31-15-21(16-32-29)7-8-22-13-23(28(35)37-6)14-26(36-5)27(22)30/h7-16,19-20H,17-18H2,1-6H3,(H,31,32,33). The molecular formula is C29H35ClN4O3. The molecule has 0 saturated carbocycles. The summed E-state index contributed by atoms with van der Waals surface area (Å²) in [6.07, 6.45) is 7.02. The van der Waals surface area contributed by atoms with E-state index in [9.17, 15) is 4.79 Å². The molecule has 0 bridgehead atoms. The molecule has 3 aromatic rings. The van der Waals surface area contributed by atoms with Crippen molar-refractivity contribution in [3.8, 4) is 5.75 Å². The number of hydrogen-bond donors (Lipinski definition) is 1. The van der Waals surface area contributed by atoms with Gasteiger partial charge in [0.25, 0.3) is 0 Å². The maximum atomic E-state index is 12.0. The molecule has 8 heteroatoms. The highest BCUT2D eigenvalue weighted by Crippen LogP contribution is 2.31. The fraction of sp³-hybridized carbons (Fsp3) is 0.345. The number of aromatic nitrogens is 2. The van der Waals surface area contributed by atoms with Crippen molar-refractivity contribution < 1.29 is 14.3 Å². The van der Waals surface area contributed by atoms with Crippen LogP contribution in [0, 0.1) is 11.8 Å². The summed E-state index contributed by atoms with van der Waals surface area (Å²) >= 11 is 6.42. The molecule has 0 aliphatic heterocycles. The van der Waals surface area contributed by atoms with Crippen LogP contribution < -0.4 is 15.0 Å². The van der Waals surface area contributed by atoms with E-state index in [4.69, 9.17) is 21.1 Å². The summed E-state index contributed by atoms with van der Waals surface area (Å²) in [5.74, 6) is 1.60. The van der Waals surface area contributed by atoms with Crippen molar-refractivity contribution in [3.63, 3.8) is 0 Å². The largest absolute Gasteiger partial charge is 0.495 e. The molecule has 0 fully saturated rings. The van der Waals surface area contributed by atoms with Crippen molar-refractivity contribution in [2.75, 3.05) is 37.5 Å². The van der Waals surface area contributed by atoms with Crippen LogP contribution in [0.1, 0.15) is 49.2 Å². The van der Waals surface area contributed by atoms with E-state index in [-0.39, 0.29) is 0 Å². The highest BCUT2D eigenvalue weighted by atomic mass is 35.5. The first-order chi connectivity index (χ1) is 17.7. The van der Waals surface area contributed by atoms with Gasteiger partial charge in [-0.05, 0) is 53.8 Å². The van der Waals surface area contributed by atoms with Crippen LogP contribution >= 0.6 is 11.6 Å². The zero-order chi connectivity index (χ0) is 26.9. The van der Waals surface area contributed by atoms with Crippen LogP contribution in [0.3, 0.4) is 0 Å². The zero-order valence-electron chi connectivity index (χ0n) is 22.3. The Labute approximate surface area is 224 Å².